The van der Waals surface area contributed by atoms with Gasteiger partial charge in [0, 0.05) is 34.4 Å². The van der Waals surface area contributed by atoms with Crippen molar-refractivity contribution in [2.24, 2.45) is 5.92 Å². The Bertz CT molecular complexity index is 1540. The summed E-state index contributed by atoms with van der Waals surface area (Å²) in [5.41, 5.74) is 6.26. The Kier molecular flexibility index (Phi) is 5.69. The summed E-state index contributed by atoms with van der Waals surface area (Å²) >= 11 is 0. The van der Waals surface area contributed by atoms with Gasteiger partial charge in [0.2, 0.25) is 5.88 Å². The molecule has 5 atom stereocenters. The highest BCUT2D eigenvalue weighted by Crippen LogP contribution is 2.55. The molecular formula is C30H26FNO7. The van der Waals surface area contributed by atoms with Crippen molar-refractivity contribution in [3.8, 4) is 22.8 Å². The molecule has 2 saturated heterocycles. The molecule has 2 aromatic carbocycles. The second kappa shape index (κ2) is 9.15. The van der Waals surface area contributed by atoms with Gasteiger partial charge < -0.3 is 29.2 Å². The Hall–Kier alpha value is -3.79. The zero-order valence-corrected chi connectivity index (χ0v) is 21.1. The fraction of sp³-hybridized carbons (Fsp3) is 0.333. The molecule has 39 heavy (non-hydrogen) atoms. The van der Waals surface area contributed by atoms with E-state index in [0.717, 1.165) is 33.5 Å². The average Bonchev–Trinajstić information content (AvgIpc) is 3.16. The van der Waals surface area contributed by atoms with Gasteiger partial charge in [-0.15, -0.1) is 0 Å². The van der Waals surface area contributed by atoms with Crippen molar-refractivity contribution in [1.29, 1.82) is 0 Å². The van der Waals surface area contributed by atoms with Crippen LogP contribution in [0, 0.1) is 18.7 Å². The molecule has 0 saturated carbocycles. The van der Waals surface area contributed by atoms with Crippen molar-refractivity contribution in [3.05, 3.63) is 82.3 Å². The highest BCUT2D eigenvalue weighted by atomic mass is 19.1. The molecule has 8 nitrogen and oxygen atoms in total. The molecule has 9 heteroatoms. The highest BCUT2D eigenvalue weighted by Gasteiger charge is 2.49. The van der Waals surface area contributed by atoms with Gasteiger partial charge in [-0.1, -0.05) is 12.1 Å². The number of ether oxygens (including phenoxy) is 4. The molecule has 3 aromatic rings. The van der Waals surface area contributed by atoms with Crippen molar-refractivity contribution in [1.82, 2.24) is 4.98 Å². The van der Waals surface area contributed by atoms with E-state index >= 15 is 0 Å². The van der Waals surface area contributed by atoms with Gasteiger partial charge in [-0.05, 0) is 65.9 Å². The highest BCUT2D eigenvalue weighted by molar-refractivity contribution is 6.11. The predicted octanol–water partition coefficient (Wildman–Crippen LogP) is 3.71. The summed E-state index contributed by atoms with van der Waals surface area (Å²) in [5, 5.41) is 19.2. The first-order valence-corrected chi connectivity index (χ1v) is 12.9. The molecule has 4 aliphatic rings. The Morgan fingerprint density at radius 1 is 1.08 bits per heavy atom. The van der Waals surface area contributed by atoms with Crippen LogP contribution in [0.25, 0.3) is 16.7 Å². The number of pyridine rings is 1. The molecule has 1 aromatic heterocycles. The standard InChI is InChI=1S/C30H26FNO7/c1-14-19(5-7-25(32-14)39-24-13-38-28-23(33)12-37-29(24)28)15-2-6-22(31)17(8-15)11-36-18-3-4-20-16(9-18)10-21-26(20)27(21)30(34)35/h2-9,21,23-24,28-29,33H,10-13H2,1H3,(H,34,35)/t21-,23+,24-,28?,29?/m1/s1. The van der Waals surface area contributed by atoms with Crippen LogP contribution in [0.1, 0.15) is 22.4 Å². The molecule has 0 spiro atoms. The molecule has 2 aliphatic carbocycles. The molecule has 200 valence electrons. The lowest BCUT2D eigenvalue weighted by Crippen LogP contribution is -2.34. The lowest BCUT2D eigenvalue weighted by Gasteiger charge is -2.18. The summed E-state index contributed by atoms with van der Waals surface area (Å²) in [6.07, 6.45) is -1.02. The van der Waals surface area contributed by atoms with Crippen molar-refractivity contribution in [2.75, 3.05) is 13.2 Å². The van der Waals surface area contributed by atoms with E-state index in [0.29, 0.717) is 35.8 Å². The van der Waals surface area contributed by atoms with E-state index in [1.165, 1.54) is 6.07 Å². The summed E-state index contributed by atoms with van der Waals surface area (Å²) in [4.78, 5) is 15.9. The lowest BCUT2D eigenvalue weighted by molar-refractivity contribution is -0.132. The average molecular weight is 532 g/mol. The van der Waals surface area contributed by atoms with Gasteiger partial charge in [-0.25, -0.2) is 14.2 Å². The summed E-state index contributed by atoms with van der Waals surface area (Å²) in [5.74, 6) is -0.138. The van der Waals surface area contributed by atoms with Gasteiger partial charge in [-0.2, -0.15) is 0 Å². The summed E-state index contributed by atoms with van der Waals surface area (Å²) in [7, 11) is 0. The van der Waals surface area contributed by atoms with Crippen molar-refractivity contribution in [2.45, 2.75) is 44.4 Å². The first kappa shape index (κ1) is 24.3. The fourth-order valence-corrected chi connectivity index (χ4v) is 6.00. The monoisotopic (exact) mass is 531 g/mol. The van der Waals surface area contributed by atoms with Crippen LogP contribution in [-0.4, -0.2) is 58.8 Å². The normalized spacial score (nSPS) is 26.3. The summed E-state index contributed by atoms with van der Waals surface area (Å²) < 4.78 is 37.9. The minimum absolute atomic E-state index is 0.0165. The van der Waals surface area contributed by atoms with Crippen LogP contribution < -0.4 is 9.47 Å². The number of benzene rings is 2. The van der Waals surface area contributed by atoms with Gasteiger partial charge >= 0.3 is 5.97 Å². The molecule has 2 unspecified atom stereocenters. The van der Waals surface area contributed by atoms with Crippen LogP contribution in [0.3, 0.4) is 0 Å². The molecule has 0 amide bonds. The maximum Gasteiger partial charge on any atom is 0.332 e. The van der Waals surface area contributed by atoms with Gasteiger partial charge in [0.25, 0.3) is 0 Å². The van der Waals surface area contributed by atoms with E-state index < -0.39 is 12.1 Å². The number of carboxylic acid groups (broad SMARTS) is 1. The quantitative estimate of drug-likeness (QED) is 0.475. The van der Waals surface area contributed by atoms with E-state index in [4.69, 9.17) is 18.9 Å². The molecule has 0 radical (unpaired) electrons. The number of halogens is 1. The number of hydrogen-bond acceptors (Lipinski definition) is 7. The van der Waals surface area contributed by atoms with Crippen LogP contribution >= 0.6 is 0 Å². The topological polar surface area (TPSA) is 107 Å². The van der Waals surface area contributed by atoms with Gasteiger partial charge in [-0.3, -0.25) is 0 Å². The third-order valence-electron chi connectivity index (χ3n) is 7.99. The zero-order valence-electron chi connectivity index (χ0n) is 21.1. The number of allylic oxidation sites excluding steroid dienone is 1. The van der Waals surface area contributed by atoms with Crippen molar-refractivity contribution < 1.29 is 38.3 Å². The minimum Gasteiger partial charge on any atom is -0.489 e. The SMILES string of the molecule is Cc1nc(O[C@@H]2COC3C2OC[C@@H]3O)ccc1-c1ccc(F)c(COc2ccc3c(c2)C[C@H]2C(C(=O)O)=C32)c1. The van der Waals surface area contributed by atoms with E-state index in [9.17, 15) is 19.4 Å². The van der Waals surface area contributed by atoms with Crippen molar-refractivity contribution >= 4 is 11.5 Å². The first-order chi connectivity index (χ1) is 18.9. The third kappa shape index (κ3) is 4.17. The smallest absolute Gasteiger partial charge is 0.332 e. The fourth-order valence-electron chi connectivity index (χ4n) is 6.00. The number of carboxylic acids is 1. The second-order valence-electron chi connectivity index (χ2n) is 10.4. The van der Waals surface area contributed by atoms with Gasteiger partial charge in [0.05, 0.1) is 13.2 Å². The van der Waals surface area contributed by atoms with E-state index in [2.05, 4.69) is 4.98 Å². The summed E-state index contributed by atoms with van der Waals surface area (Å²) in [6.45, 7) is 2.47. The number of hydrogen-bond donors (Lipinski definition) is 2. The number of aromatic nitrogens is 1. The Morgan fingerprint density at radius 3 is 2.72 bits per heavy atom. The van der Waals surface area contributed by atoms with Crippen LogP contribution in [0.4, 0.5) is 4.39 Å². The molecule has 2 fully saturated rings. The number of nitrogens with zero attached hydrogens (tertiary/aromatic N) is 1. The first-order valence-electron chi connectivity index (χ1n) is 12.9. The molecular weight excluding hydrogens is 505 g/mol. The molecule has 7 rings (SSSR count). The Morgan fingerprint density at radius 2 is 1.90 bits per heavy atom. The van der Waals surface area contributed by atoms with Gasteiger partial charge in [0.1, 0.15) is 36.5 Å². The number of fused-ring (bicyclic) bond motifs is 4. The number of aliphatic hydroxyl groups excluding tert-OH is 1. The van der Waals surface area contributed by atoms with Crippen LogP contribution in [0.5, 0.6) is 11.6 Å². The lowest BCUT2D eigenvalue weighted by atomic mass is 10.0. The number of rotatable bonds is 7. The van der Waals surface area contributed by atoms with E-state index in [1.807, 2.05) is 25.1 Å². The molecule has 3 heterocycles. The third-order valence-corrected chi connectivity index (χ3v) is 7.99. The Labute approximate surface area is 223 Å². The summed E-state index contributed by atoms with van der Waals surface area (Å²) in [6, 6.07) is 14.2. The molecule has 2 N–H and O–H groups in total. The number of aryl methyl sites for hydroxylation is 1. The molecule has 0 bridgehead atoms. The molecule has 2 aliphatic heterocycles. The zero-order chi connectivity index (χ0) is 26.8. The maximum atomic E-state index is 14.7. The second-order valence-corrected chi connectivity index (χ2v) is 10.4. The van der Waals surface area contributed by atoms with Crippen molar-refractivity contribution in [3.63, 3.8) is 0 Å². The predicted molar refractivity (Wildman–Crippen MR) is 137 cm³/mol. The largest absolute Gasteiger partial charge is 0.489 e. The van der Waals surface area contributed by atoms with Crippen LogP contribution in [0.2, 0.25) is 0 Å². The minimum atomic E-state index is -0.843. The number of aliphatic hydroxyl groups is 1. The van der Waals surface area contributed by atoms with E-state index in [1.54, 1.807) is 24.3 Å². The maximum absolute atomic E-state index is 14.7. The van der Waals surface area contributed by atoms with Crippen LogP contribution in [-0.2, 0) is 27.3 Å². The van der Waals surface area contributed by atoms with E-state index in [-0.39, 0.29) is 43.3 Å². The number of aliphatic carboxylic acids is 1. The van der Waals surface area contributed by atoms with Gasteiger partial charge in [0.15, 0.2) is 6.10 Å². The number of carbonyl (C=O) groups is 1. The Balaban J connectivity index is 1.04. The van der Waals surface area contributed by atoms with Crippen LogP contribution in [0.15, 0.2) is 54.1 Å².